The van der Waals surface area contributed by atoms with Gasteiger partial charge in [-0.1, -0.05) is 38.8 Å². The number of rotatable bonds is 7. The lowest BCUT2D eigenvalue weighted by Crippen LogP contribution is -2.30. The summed E-state index contributed by atoms with van der Waals surface area (Å²) in [4.78, 5) is 16.0. The summed E-state index contributed by atoms with van der Waals surface area (Å²) in [5.41, 5.74) is 0.806. The van der Waals surface area contributed by atoms with E-state index in [4.69, 9.17) is 0 Å². The Morgan fingerprint density at radius 3 is 2.57 bits per heavy atom. The van der Waals surface area contributed by atoms with Crippen molar-refractivity contribution in [3.63, 3.8) is 0 Å². The van der Waals surface area contributed by atoms with Gasteiger partial charge in [-0.15, -0.1) is 11.8 Å². The van der Waals surface area contributed by atoms with Crippen molar-refractivity contribution in [1.29, 1.82) is 0 Å². The summed E-state index contributed by atoms with van der Waals surface area (Å²) in [6, 6.07) is 7.91. The topological polar surface area (TPSA) is 32.3 Å². The van der Waals surface area contributed by atoms with Crippen molar-refractivity contribution in [2.24, 2.45) is 0 Å². The number of hydrogen-bond acceptors (Lipinski definition) is 3. The number of thioether (sulfide) groups is 1. The summed E-state index contributed by atoms with van der Waals surface area (Å²) < 4.78 is 0. The maximum Gasteiger partial charge on any atom is 0.252 e. The molecule has 1 N–H and O–H groups in total. The summed E-state index contributed by atoms with van der Waals surface area (Å²) in [6.45, 7) is 8.61. The summed E-state index contributed by atoms with van der Waals surface area (Å²) in [5, 5.41) is 3.57. The third-order valence-electron chi connectivity index (χ3n) is 4.13. The van der Waals surface area contributed by atoms with Gasteiger partial charge in [0.1, 0.15) is 0 Å². The number of nitrogens with zero attached hydrogens (tertiary/aromatic N) is 1. The molecular weight excluding hydrogens is 304 g/mol. The van der Waals surface area contributed by atoms with E-state index in [0.29, 0.717) is 5.25 Å². The summed E-state index contributed by atoms with van der Waals surface area (Å²) >= 11 is 1.75. The zero-order chi connectivity index (χ0) is 16.5. The molecule has 0 saturated carbocycles. The maximum atomic E-state index is 12.4. The van der Waals surface area contributed by atoms with Crippen LogP contribution in [-0.4, -0.2) is 42.2 Å². The standard InChI is InChI=1S/C19H30N2OS/c1-16(2)23-18-11-6-5-10-17(18)19(22)20-12-9-15-21-13-7-3-4-8-14-21/h5-6,10-11,16H,3-4,7-9,12-15H2,1-2H3,(H,20,22). The molecule has 23 heavy (non-hydrogen) atoms. The molecule has 1 fully saturated rings. The molecule has 1 heterocycles. The highest BCUT2D eigenvalue weighted by atomic mass is 32.2. The highest BCUT2D eigenvalue weighted by molar-refractivity contribution is 8.00. The van der Waals surface area contributed by atoms with Gasteiger partial charge in [-0.25, -0.2) is 0 Å². The first-order valence-electron chi connectivity index (χ1n) is 8.93. The lowest BCUT2D eigenvalue weighted by atomic mass is 10.2. The monoisotopic (exact) mass is 334 g/mol. The van der Waals surface area contributed by atoms with Gasteiger partial charge in [-0.05, 0) is 51.0 Å². The first-order chi connectivity index (χ1) is 11.2. The number of benzene rings is 1. The summed E-state index contributed by atoms with van der Waals surface area (Å²) in [7, 11) is 0. The van der Waals surface area contributed by atoms with Crippen LogP contribution in [0.25, 0.3) is 0 Å². The van der Waals surface area contributed by atoms with E-state index in [0.717, 1.165) is 30.0 Å². The van der Waals surface area contributed by atoms with Crippen molar-refractivity contribution in [2.45, 2.75) is 56.1 Å². The van der Waals surface area contributed by atoms with Gasteiger partial charge in [-0.2, -0.15) is 0 Å². The van der Waals surface area contributed by atoms with E-state index in [-0.39, 0.29) is 5.91 Å². The molecule has 0 bridgehead atoms. The second-order valence-corrected chi connectivity index (χ2v) is 8.15. The molecule has 0 atom stereocenters. The van der Waals surface area contributed by atoms with E-state index in [1.165, 1.54) is 38.8 Å². The largest absolute Gasteiger partial charge is 0.352 e. The summed E-state index contributed by atoms with van der Waals surface area (Å²) in [6.07, 6.45) is 6.43. The molecule has 1 saturated heterocycles. The number of likely N-dealkylation sites (tertiary alicyclic amines) is 1. The molecule has 0 unspecified atom stereocenters. The predicted molar refractivity (Wildman–Crippen MR) is 99.3 cm³/mol. The van der Waals surface area contributed by atoms with Crippen molar-refractivity contribution in [1.82, 2.24) is 10.2 Å². The van der Waals surface area contributed by atoms with Gasteiger partial charge in [0.25, 0.3) is 5.91 Å². The van der Waals surface area contributed by atoms with Gasteiger partial charge in [0.05, 0.1) is 5.56 Å². The zero-order valence-corrected chi connectivity index (χ0v) is 15.3. The first-order valence-corrected chi connectivity index (χ1v) is 9.81. The van der Waals surface area contributed by atoms with Gasteiger partial charge < -0.3 is 10.2 Å². The number of carbonyl (C=O) groups is 1. The van der Waals surface area contributed by atoms with E-state index in [9.17, 15) is 4.79 Å². The van der Waals surface area contributed by atoms with Crippen LogP contribution >= 0.6 is 11.8 Å². The molecule has 4 heteroatoms. The van der Waals surface area contributed by atoms with Crippen LogP contribution < -0.4 is 5.32 Å². The Morgan fingerprint density at radius 2 is 1.87 bits per heavy atom. The Labute approximate surface area is 145 Å². The molecular formula is C19H30N2OS. The highest BCUT2D eigenvalue weighted by Crippen LogP contribution is 2.26. The van der Waals surface area contributed by atoms with Crippen LogP contribution in [0.4, 0.5) is 0 Å². The second kappa shape index (κ2) is 9.99. The Balaban J connectivity index is 1.76. The van der Waals surface area contributed by atoms with Crippen LogP contribution in [0.1, 0.15) is 56.3 Å². The fourth-order valence-corrected chi connectivity index (χ4v) is 3.92. The van der Waals surface area contributed by atoms with Crippen molar-refractivity contribution in [3.05, 3.63) is 29.8 Å². The van der Waals surface area contributed by atoms with Gasteiger partial charge in [0, 0.05) is 16.7 Å². The minimum atomic E-state index is 0.0598. The van der Waals surface area contributed by atoms with E-state index >= 15 is 0 Å². The van der Waals surface area contributed by atoms with Crippen molar-refractivity contribution in [2.75, 3.05) is 26.2 Å². The van der Waals surface area contributed by atoms with Gasteiger partial charge in [0.15, 0.2) is 0 Å². The Hall–Kier alpha value is -1.00. The van der Waals surface area contributed by atoms with E-state index < -0.39 is 0 Å². The molecule has 0 aliphatic carbocycles. The van der Waals surface area contributed by atoms with Crippen LogP contribution in [0.2, 0.25) is 0 Å². The van der Waals surface area contributed by atoms with E-state index in [2.05, 4.69) is 24.1 Å². The molecule has 1 aliphatic heterocycles. The number of carbonyl (C=O) groups excluding carboxylic acids is 1. The molecule has 1 amide bonds. The highest BCUT2D eigenvalue weighted by Gasteiger charge is 2.12. The Kier molecular flexibility index (Phi) is 7.96. The number of nitrogens with one attached hydrogen (secondary N) is 1. The first kappa shape index (κ1) is 18.3. The number of amides is 1. The third-order valence-corrected chi connectivity index (χ3v) is 5.21. The lowest BCUT2D eigenvalue weighted by Gasteiger charge is -2.19. The van der Waals surface area contributed by atoms with Crippen molar-refractivity contribution in [3.8, 4) is 0 Å². The van der Waals surface area contributed by atoms with Crippen LogP contribution in [0.5, 0.6) is 0 Å². The SMILES string of the molecule is CC(C)Sc1ccccc1C(=O)NCCCN1CCCCCC1. The van der Waals surface area contributed by atoms with Crippen molar-refractivity contribution >= 4 is 17.7 Å². The Bertz CT molecular complexity index is 482. The lowest BCUT2D eigenvalue weighted by molar-refractivity contribution is 0.0948. The smallest absolute Gasteiger partial charge is 0.252 e. The van der Waals surface area contributed by atoms with Crippen molar-refractivity contribution < 1.29 is 4.79 Å². The van der Waals surface area contributed by atoms with Crippen LogP contribution in [0.15, 0.2) is 29.2 Å². The molecule has 1 aromatic rings. The van der Waals surface area contributed by atoms with Crippen LogP contribution in [-0.2, 0) is 0 Å². The number of hydrogen-bond donors (Lipinski definition) is 1. The van der Waals surface area contributed by atoms with E-state index in [1.54, 1.807) is 11.8 Å². The molecule has 0 spiro atoms. The average molecular weight is 335 g/mol. The Morgan fingerprint density at radius 1 is 1.17 bits per heavy atom. The van der Waals surface area contributed by atoms with Crippen LogP contribution in [0, 0.1) is 0 Å². The van der Waals surface area contributed by atoms with Gasteiger partial charge in [0.2, 0.25) is 0 Å². The third kappa shape index (κ3) is 6.56. The minimum absolute atomic E-state index is 0.0598. The average Bonchev–Trinajstić information content (AvgIpc) is 2.80. The maximum absolute atomic E-state index is 12.4. The predicted octanol–water partition coefficient (Wildman–Crippen LogP) is 4.18. The fourth-order valence-electron chi connectivity index (χ4n) is 2.97. The van der Waals surface area contributed by atoms with Crippen LogP contribution in [0.3, 0.4) is 0 Å². The summed E-state index contributed by atoms with van der Waals surface area (Å²) in [5.74, 6) is 0.0598. The fraction of sp³-hybridized carbons (Fsp3) is 0.632. The second-order valence-electron chi connectivity index (χ2n) is 6.53. The zero-order valence-electron chi connectivity index (χ0n) is 14.5. The molecule has 1 aromatic carbocycles. The quantitative estimate of drug-likeness (QED) is 0.599. The molecule has 128 valence electrons. The molecule has 3 nitrogen and oxygen atoms in total. The molecule has 0 aromatic heterocycles. The molecule has 1 aliphatic rings. The molecule has 0 radical (unpaired) electrons. The van der Waals surface area contributed by atoms with Gasteiger partial charge >= 0.3 is 0 Å². The minimum Gasteiger partial charge on any atom is -0.352 e. The normalized spacial score (nSPS) is 16.3. The van der Waals surface area contributed by atoms with Gasteiger partial charge in [-0.3, -0.25) is 4.79 Å². The van der Waals surface area contributed by atoms with E-state index in [1.807, 2.05) is 24.3 Å². The molecule has 2 rings (SSSR count).